The maximum absolute atomic E-state index is 12.0. The van der Waals surface area contributed by atoms with Gasteiger partial charge in [0.1, 0.15) is 17.5 Å². The van der Waals surface area contributed by atoms with Crippen LogP contribution in [0.1, 0.15) is 11.4 Å². The first-order valence-electron chi connectivity index (χ1n) is 9.86. The molecule has 9 nitrogen and oxygen atoms in total. The van der Waals surface area contributed by atoms with Gasteiger partial charge in [-0.25, -0.2) is 18.4 Å². The first kappa shape index (κ1) is 23.2. The van der Waals surface area contributed by atoms with Crippen LogP contribution in [0.5, 0.6) is 0 Å². The monoisotopic (exact) mass is 454 g/mol. The zero-order chi connectivity index (χ0) is 23.3. The molecule has 3 rings (SSSR count). The lowest BCUT2D eigenvalue weighted by Gasteiger charge is -2.14. The van der Waals surface area contributed by atoms with Crippen molar-refractivity contribution in [3.63, 3.8) is 0 Å². The minimum absolute atomic E-state index is 0.254. The summed E-state index contributed by atoms with van der Waals surface area (Å²) in [6, 6.07) is 16.9. The number of rotatable bonds is 8. The van der Waals surface area contributed by atoms with E-state index in [1.807, 2.05) is 44.2 Å². The number of aromatic nitrogens is 2. The minimum Gasteiger partial charge on any atom is -0.340 e. The van der Waals surface area contributed by atoms with Crippen LogP contribution in [0.3, 0.4) is 0 Å². The van der Waals surface area contributed by atoms with Crippen molar-refractivity contribution in [2.75, 3.05) is 35.8 Å². The van der Waals surface area contributed by atoms with Gasteiger partial charge in [-0.1, -0.05) is 17.7 Å². The molecule has 3 aromatic rings. The summed E-state index contributed by atoms with van der Waals surface area (Å²) in [6.45, 7) is 3.60. The van der Waals surface area contributed by atoms with Crippen molar-refractivity contribution in [2.45, 2.75) is 13.8 Å². The molecule has 0 aliphatic rings. The quantitative estimate of drug-likeness (QED) is 0.478. The Hall–Kier alpha value is -3.50. The van der Waals surface area contributed by atoms with E-state index in [2.05, 4.69) is 25.9 Å². The van der Waals surface area contributed by atoms with Gasteiger partial charge in [0, 0.05) is 30.2 Å². The molecule has 2 aromatic carbocycles. The highest BCUT2D eigenvalue weighted by atomic mass is 32.2. The summed E-state index contributed by atoms with van der Waals surface area (Å²) >= 11 is 0. The van der Waals surface area contributed by atoms with E-state index in [-0.39, 0.29) is 6.54 Å². The second kappa shape index (κ2) is 9.75. The van der Waals surface area contributed by atoms with Gasteiger partial charge in [-0.15, -0.1) is 0 Å². The first-order valence-corrected chi connectivity index (χ1v) is 11.7. The Morgan fingerprint density at radius 2 is 1.34 bits per heavy atom. The van der Waals surface area contributed by atoms with E-state index < -0.39 is 15.9 Å². The van der Waals surface area contributed by atoms with Crippen LogP contribution in [-0.2, 0) is 14.8 Å². The van der Waals surface area contributed by atoms with Crippen LogP contribution in [-0.4, -0.2) is 48.4 Å². The van der Waals surface area contributed by atoms with Crippen LogP contribution >= 0.6 is 0 Å². The van der Waals surface area contributed by atoms with Gasteiger partial charge in [0.15, 0.2) is 0 Å². The molecule has 0 fully saturated rings. The molecule has 1 amide bonds. The number of likely N-dealkylation sites (N-methyl/N-ethyl adjacent to an activating group) is 1. The summed E-state index contributed by atoms with van der Waals surface area (Å²) in [5.74, 6) is 1.49. The largest absolute Gasteiger partial charge is 0.340 e. The van der Waals surface area contributed by atoms with Crippen LogP contribution in [0, 0.1) is 13.8 Å². The molecule has 0 aliphatic heterocycles. The van der Waals surface area contributed by atoms with Crippen LogP contribution < -0.4 is 16.0 Å². The second-order valence-corrected chi connectivity index (χ2v) is 9.54. The number of anilines is 5. The molecule has 1 heterocycles. The standard InChI is InChI=1S/C22H26N6O3S/c1-15-5-7-17(8-6-15)25-20-13-21(24-16(2)23-20)26-18-9-11-19(12-10-18)27-22(29)14-28(3)32(4,30)31/h5-13H,14H2,1-4H3,(H,27,29)(H2,23,24,25,26). The van der Waals surface area contributed by atoms with E-state index in [0.29, 0.717) is 23.1 Å². The Morgan fingerprint density at radius 3 is 1.84 bits per heavy atom. The third-order valence-electron chi connectivity index (χ3n) is 4.54. The molecule has 0 radical (unpaired) electrons. The van der Waals surface area contributed by atoms with Crippen LogP contribution in [0.2, 0.25) is 0 Å². The third-order valence-corrected chi connectivity index (χ3v) is 5.80. The fourth-order valence-corrected chi connectivity index (χ4v) is 3.14. The molecule has 0 saturated heterocycles. The molecular formula is C22H26N6O3S. The fourth-order valence-electron chi connectivity index (χ4n) is 2.79. The van der Waals surface area contributed by atoms with Crippen molar-refractivity contribution in [2.24, 2.45) is 0 Å². The molecule has 0 aliphatic carbocycles. The van der Waals surface area contributed by atoms with E-state index in [0.717, 1.165) is 21.9 Å². The van der Waals surface area contributed by atoms with Crippen molar-refractivity contribution in [1.82, 2.24) is 14.3 Å². The number of hydrogen-bond acceptors (Lipinski definition) is 7. The SMILES string of the molecule is Cc1ccc(Nc2cc(Nc3ccc(NC(=O)CN(C)S(C)(=O)=O)cc3)nc(C)n2)cc1. The van der Waals surface area contributed by atoms with Gasteiger partial charge in [0.05, 0.1) is 12.8 Å². The fraction of sp³-hybridized carbons (Fsp3) is 0.227. The molecule has 32 heavy (non-hydrogen) atoms. The highest BCUT2D eigenvalue weighted by molar-refractivity contribution is 7.88. The Kier molecular flexibility index (Phi) is 7.06. The van der Waals surface area contributed by atoms with Gasteiger partial charge in [-0.05, 0) is 50.2 Å². The highest BCUT2D eigenvalue weighted by Crippen LogP contribution is 2.22. The van der Waals surface area contributed by atoms with Crippen molar-refractivity contribution in [1.29, 1.82) is 0 Å². The Bertz CT molecular complexity index is 1200. The average molecular weight is 455 g/mol. The number of benzene rings is 2. The molecule has 0 bridgehead atoms. The zero-order valence-corrected chi connectivity index (χ0v) is 19.2. The summed E-state index contributed by atoms with van der Waals surface area (Å²) in [5, 5.41) is 9.17. The van der Waals surface area contributed by atoms with Crippen molar-refractivity contribution >= 4 is 44.6 Å². The summed E-state index contributed by atoms with van der Waals surface area (Å²) in [6.07, 6.45) is 1.05. The molecule has 10 heteroatoms. The molecular weight excluding hydrogens is 428 g/mol. The van der Waals surface area contributed by atoms with E-state index in [1.54, 1.807) is 24.3 Å². The van der Waals surface area contributed by atoms with Crippen LogP contribution in [0.25, 0.3) is 0 Å². The lowest BCUT2D eigenvalue weighted by atomic mass is 10.2. The summed E-state index contributed by atoms with van der Waals surface area (Å²) in [7, 11) is -2.06. The molecule has 168 valence electrons. The lowest BCUT2D eigenvalue weighted by molar-refractivity contribution is -0.116. The van der Waals surface area contributed by atoms with Gasteiger partial charge < -0.3 is 16.0 Å². The maximum Gasteiger partial charge on any atom is 0.239 e. The van der Waals surface area contributed by atoms with Gasteiger partial charge in [0.25, 0.3) is 0 Å². The van der Waals surface area contributed by atoms with E-state index in [4.69, 9.17) is 0 Å². The normalized spacial score (nSPS) is 11.3. The van der Waals surface area contributed by atoms with E-state index in [1.165, 1.54) is 12.6 Å². The second-order valence-electron chi connectivity index (χ2n) is 7.45. The average Bonchev–Trinajstić information content (AvgIpc) is 2.70. The molecule has 0 atom stereocenters. The van der Waals surface area contributed by atoms with Gasteiger partial charge in [-0.2, -0.15) is 4.31 Å². The zero-order valence-electron chi connectivity index (χ0n) is 18.4. The first-order chi connectivity index (χ1) is 15.1. The van der Waals surface area contributed by atoms with E-state index >= 15 is 0 Å². The molecule has 0 unspecified atom stereocenters. The molecule has 1 aromatic heterocycles. The van der Waals surface area contributed by atoms with Gasteiger partial charge in [0.2, 0.25) is 15.9 Å². The number of carbonyl (C=O) groups is 1. The predicted octanol–water partition coefficient (Wildman–Crippen LogP) is 3.41. The third kappa shape index (κ3) is 6.76. The van der Waals surface area contributed by atoms with Gasteiger partial charge in [-0.3, -0.25) is 4.79 Å². The Balaban J connectivity index is 1.64. The molecule has 0 saturated carbocycles. The number of sulfonamides is 1. The predicted molar refractivity (Wildman–Crippen MR) is 127 cm³/mol. The highest BCUT2D eigenvalue weighted by Gasteiger charge is 2.15. The number of amides is 1. The number of aryl methyl sites for hydroxylation is 2. The summed E-state index contributed by atoms with van der Waals surface area (Å²) < 4.78 is 23.8. The van der Waals surface area contributed by atoms with E-state index in [9.17, 15) is 13.2 Å². The van der Waals surface area contributed by atoms with Crippen molar-refractivity contribution in [3.05, 3.63) is 66.0 Å². The molecule has 0 spiro atoms. The smallest absolute Gasteiger partial charge is 0.239 e. The number of carbonyl (C=O) groups excluding carboxylic acids is 1. The lowest BCUT2D eigenvalue weighted by Crippen LogP contribution is -2.34. The Morgan fingerprint density at radius 1 is 0.875 bits per heavy atom. The van der Waals surface area contributed by atoms with Crippen LogP contribution in [0.4, 0.5) is 28.7 Å². The number of nitrogens with one attached hydrogen (secondary N) is 3. The number of nitrogens with zero attached hydrogens (tertiary/aromatic N) is 3. The summed E-state index contributed by atoms with van der Waals surface area (Å²) in [4.78, 5) is 20.9. The topological polar surface area (TPSA) is 116 Å². The van der Waals surface area contributed by atoms with Gasteiger partial charge >= 0.3 is 0 Å². The van der Waals surface area contributed by atoms with Crippen molar-refractivity contribution < 1.29 is 13.2 Å². The molecule has 3 N–H and O–H groups in total. The van der Waals surface area contributed by atoms with Crippen LogP contribution in [0.15, 0.2) is 54.6 Å². The minimum atomic E-state index is -3.42. The van der Waals surface area contributed by atoms with Crippen molar-refractivity contribution in [3.8, 4) is 0 Å². The maximum atomic E-state index is 12.0. The number of hydrogen-bond donors (Lipinski definition) is 3. The summed E-state index contributed by atoms with van der Waals surface area (Å²) in [5.41, 5.74) is 3.44. The Labute approximate surface area is 188 Å².